The highest BCUT2D eigenvalue weighted by molar-refractivity contribution is 7.89. The van der Waals surface area contributed by atoms with Crippen molar-refractivity contribution in [3.8, 4) is 0 Å². The van der Waals surface area contributed by atoms with E-state index in [2.05, 4.69) is 10.0 Å². The lowest BCUT2D eigenvalue weighted by Crippen LogP contribution is -2.45. The maximum Gasteiger partial charge on any atom is 0.348 e. The topological polar surface area (TPSA) is 84.5 Å². The predicted molar refractivity (Wildman–Crippen MR) is 94.0 cm³/mol. The number of carbonyl (C=O) groups excluding carboxylic acids is 1. The van der Waals surface area contributed by atoms with E-state index < -0.39 is 10.0 Å². The van der Waals surface area contributed by atoms with Crippen molar-refractivity contribution in [2.24, 2.45) is 0 Å². The van der Waals surface area contributed by atoms with Crippen molar-refractivity contribution >= 4 is 37.4 Å². The number of sulfonamides is 1. The Labute approximate surface area is 145 Å². The molecule has 1 atom stereocenters. The van der Waals surface area contributed by atoms with Gasteiger partial charge in [0.05, 0.1) is 11.5 Å². The van der Waals surface area contributed by atoms with Crippen LogP contribution in [0.25, 0.3) is 10.1 Å². The fourth-order valence-corrected chi connectivity index (χ4v) is 4.97. The van der Waals surface area contributed by atoms with E-state index in [9.17, 15) is 13.2 Å². The van der Waals surface area contributed by atoms with Crippen LogP contribution < -0.4 is 10.0 Å². The van der Waals surface area contributed by atoms with Gasteiger partial charge in [-0.3, -0.25) is 0 Å². The molecule has 0 amide bonds. The Morgan fingerprint density at radius 1 is 1.42 bits per heavy atom. The summed E-state index contributed by atoms with van der Waals surface area (Å²) in [5.74, 6) is -0.380. The average molecular weight is 368 g/mol. The van der Waals surface area contributed by atoms with Gasteiger partial charge < -0.3 is 10.1 Å². The number of ether oxygens (including phenoxy) is 1. The third-order valence-corrected chi connectivity index (χ3v) is 6.51. The lowest BCUT2D eigenvalue weighted by molar-refractivity contribution is 0.0532. The largest absolute Gasteiger partial charge is 0.462 e. The summed E-state index contributed by atoms with van der Waals surface area (Å²) in [6.45, 7) is 3.64. The van der Waals surface area contributed by atoms with Gasteiger partial charge in [0, 0.05) is 17.3 Å². The minimum atomic E-state index is -3.57. The van der Waals surface area contributed by atoms with Gasteiger partial charge in [0.1, 0.15) is 4.88 Å². The Hall–Kier alpha value is -1.48. The molecule has 1 aliphatic heterocycles. The second-order valence-corrected chi connectivity index (χ2v) is 8.49. The number of fused-ring (bicyclic) bond motifs is 1. The smallest absolute Gasteiger partial charge is 0.348 e. The van der Waals surface area contributed by atoms with E-state index in [1.165, 1.54) is 11.3 Å². The van der Waals surface area contributed by atoms with Crippen molar-refractivity contribution in [1.29, 1.82) is 0 Å². The summed E-state index contributed by atoms with van der Waals surface area (Å²) in [4.78, 5) is 12.5. The molecule has 24 heavy (non-hydrogen) atoms. The monoisotopic (exact) mass is 368 g/mol. The van der Waals surface area contributed by atoms with Crippen LogP contribution in [0.3, 0.4) is 0 Å². The number of carbonyl (C=O) groups is 1. The highest BCUT2D eigenvalue weighted by Crippen LogP contribution is 2.28. The van der Waals surface area contributed by atoms with E-state index in [0.717, 1.165) is 29.5 Å². The molecule has 8 heteroatoms. The van der Waals surface area contributed by atoms with Gasteiger partial charge >= 0.3 is 5.97 Å². The Kier molecular flexibility index (Phi) is 5.19. The molecule has 1 aromatic carbocycles. The Bertz CT molecular complexity index is 839. The van der Waals surface area contributed by atoms with Gasteiger partial charge in [-0.25, -0.2) is 17.9 Å². The molecule has 0 aliphatic carbocycles. The number of hydrogen-bond donors (Lipinski definition) is 2. The third-order valence-electron chi connectivity index (χ3n) is 3.89. The standard InChI is InChI=1S/C16H20N2O4S2/c1-2-22-16(19)15-9-11-8-13(5-6-14(11)23-15)24(20,21)18-12-4-3-7-17-10-12/h5-6,8-9,12,17-18H,2-4,7,10H2,1H3/t12-/m1/s1. The maximum atomic E-state index is 12.6. The van der Waals surface area contributed by atoms with Gasteiger partial charge in [-0.05, 0) is 56.0 Å². The molecule has 130 valence electrons. The number of esters is 1. The van der Waals surface area contributed by atoms with Crippen LogP contribution in [0.4, 0.5) is 0 Å². The van der Waals surface area contributed by atoms with E-state index in [0.29, 0.717) is 18.0 Å². The normalized spacial score (nSPS) is 18.6. The van der Waals surface area contributed by atoms with Gasteiger partial charge in [-0.1, -0.05) is 0 Å². The number of rotatable bonds is 5. The summed E-state index contributed by atoms with van der Waals surface area (Å²) in [5.41, 5.74) is 0. The molecular weight excluding hydrogens is 348 g/mol. The molecule has 2 heterocycles. The molecule has 1 fully saturated rings. The van der Waals surface area contributed by atoms with Crippen molar-refractivity contribution in [2.45, 2.75) is 30.7 Å². The maximum absolute atomic E-state index is 12.6. The van der Waals surface area contributed by atoms with Crippen molar-refractivity contribution in [3.63, 3.8) is 0 Å². The van der Waals surface area contributed by atoms with E-state index in [1.807, 2.05) is 0 Å². The molecule has 0 unspecified atom stereocenters. The summed E-state index contributed by atoms with van der Waals surface area (Å²) in [6, 6.07) is 6.51. The first kappa shape index (κ1) is 17.3. The van der Waals surface area contributed by atoms with Gasteiger partial charge in [-0.15, -0.1) is 11.3 Å². The molecule has 1 saturated heterocycles. The van der Waals surface area contributed by atoms with Gasteiger partial charge in [-0.2, -0.15) is 0 Å². The van der Waals surface area contributed by atoms with Crippen LogP contribution in [0.1, 0.15) is 29.4 Å². The zero-order chi connectivity index (χ0) is 17.2. The molecule has 2 N–H and O–H groups in total. The van der Waals surface area contributed by atoms with Gasteiger partial charge in [0.25, 0.3) is 0 Å². The number of piperidine rings is 1. The lowest BCUT2D eigenvalue weighted by atomic mass is 10.1. The first-order valence-corrected chi connectivity index (χ1v) is 10.2. The average Bonchev–Trinajstić information content (AvgIpc) is 2.99. The molecular formula is C16H20N2O4S2. The first-order valence-electron chi connectivity index (χ1n) is 7.93. The number of thiophene rings is 1. The van der Waals surface area contributed by atoms with Crippen molar-refractivity contribution in [3.05, 3.63) is 29.1 Å². The predicted octanol–water partition coefficient (Wildman–Crippen LogP) is 2.11. The van der Waals surface area contributed by atoms with E-state index in [1.54, 1.807) is 31.2 Å². The van der Waals surface area contributed by atoms with Crippen LogP contribution in [-0.4, -0.2) is 40.1 Å². The number of benzene rings is 1. The minimum absolute atomic E-state index is 0.0861. The summed E-state index contributed by atoms with van der Waals surface area (Å²) in [5, 5.41) is 3.92. The van der Waals surface area contributed by atoms with Crippen LogP contribution in [0, 0.1) is 0 Å². The summed E-state index contributed by atoms with van der Waals surface area (Å²) in [6.07, 6.45) is 1.79. The van der Waals surface area contributed by atoms with Crippen LogP contribution in [0.5, 0.6) is 0 Å². The van der Waals surface area contributed by atoms with Gasteiger partial charge in [0.2, 0.25) is 10.0 Å². The lowest BCUT2D eigenvalue weighted by Gasteiger charge is -2.23. The zero-order valence-electron chi connectivity index (χ0n) is 13.4. The third kappa shape index (κ3) is 3.77. The Morgan fingerprint density at radius 3 is 2.96 bits per heavy atom. The molecule has 0 spiro atoms. The molecule has 0 bridgehead atoms. The van der Waals surface area contributed by atoms with Crippen molar-refractivity contribution in [2.75, 3.05) is 19.7 Å². The molecule has 1 aromatic heterocycles. The summed E-state index contributed by atoms with van der Waals surface area (Å²) < 4.78 is 33.7. The fourth-order valence-electron chi connectivity index (χ4n) is 2.73. The van der Waals surface area contributed by atoms with Crippen molar-refractivity contribution in [1.82, 2.24) is 10.0 Å². The highest BCUT2D eigenvalue weighted by Gasteiger charge is 2.22. The first-order chi connectivity index (χ1) is 11.5. The summed E-state index contributed by atoms with van der Waals surface area (Å²) >= 11 is 1.30. The van der Waals surface area contributed by atoms with Crippen molar-refractivity contribution < 1.29 is 17.9 Å². The fraction of sp³-hybridized carbons (Fsp3) is 0.438. The molecule has 3 rings (SSSR count). The second kappa shape index (κ2) is 7.18. The second-order valence-electron chi connectivity index (χ2n) is 5.70. The van der Waals surface area contributed by atoms with Crippen LogP contribution in [0.2, 0.25) is 0 Å². The van der Waals surface area contributed by atoms with E-state index in [4.69, 9.17) is 4.74 Å². The minimum Gasteiger partial charge on any atom is -0.462 e. The number of hydrogen-bond acceptors (Lipinski definition) is 6. The highest BCUT2D eigenvalue weighted by atomic mass is 32.2. The quantitative estimate of drug-likeness (QED) is 0.790. The molecule has 6 nitrogen and oxygen atoms in total. The van der Waals surface area contributed by atoms with E-state index in [-0.39, 0.29) is 16.9 Å². The van der Waals surface area contributed by atoms with Crippen LogP contribution >= 0.6 is 11.3 Å². The molecule has 2 aromatic rings. The molecule has 0 saturated carbocycles. The van der Waals surface area contributed by atoms with E-state index >= 15 is 0 Å². The summed E-state index contributed by atoms with van der Waals surface area (Å²) in [7, 11) is -3.57. The SMILES string of the molecule is CCOC(=O)c1cc2cc(S(=O)(=O)N[C@@H]3CCCNC3)ccc2s1. The Balaban J connectivity index is 1.85. The molecule has 1 aliphatic rings. The van der Waals surface area contributed by atoms with Gasteiger partial charge in [0.15, 0.2) is 0 Å². The zero-order valence-corrected chi connectivity index (χ0v) is 15.0. The molecule has 0 radical (unpaired) electrons. The van der Waals surface area contributed by atoms with Crippen LogP contribution in [0.15, 0.2) is 29.2 Å². The number of nitrogens with one attached hydrogen (secondary N) is 2. The van der Waals surface area contributed by atoms with Crippen LogP contribution in [-0.2, 0) is 14.8 Å². The Morgan fingerprint density at radius 2 is 2.25 bits per heavy atom.